The third-order valence-corrected chi connectivity index (χ3v) is 9.67. The Labute approximate surface area is 226 Å². The minimum Gasteiger partial charge on any atom is -0.462 e. The number of carbonyl (C=O) groups is 2. The van der Waals surface area contributed by atoms with Crippen LogP contribution in [-0.2, 0) is 22.4 Å². The second kappa shape index (κ2) is 10.8. The van der Waals surface area contributed by atoms with E-state index in [1.54, 1.807) is 22.8 Å². The molecule has 0 radical (unpaired) electrons. The number of rotatable bonds is 7. The number of esters is 1. The number of para-hydroxylation sites is 1. The minimum absolute atomic E-state index is 0.0358. The molecule has 3 aromatic heterocycles. The van der Waals surface area contributed by atoms with Crippen molar-refractivity contribution < 1.29 is 14.3 Å². The fraction of sp³-hybridized carbons (Fsp3) is 0.333. The number of thioether (sulfide) groups is 1. The summed E-state index contributed by atoms with van der Waals surface area (Å²) >= 11 is 4.16. The first-order chi connectivity index (χ1) is 17.9. The lowest BCUT2D eigenvalue weighted by Gasteiger charge is -2.13. The van der Waals surface area contributed by atoms with Crippen molar-refractivity contribution in [3.63, 3.8) is 0 Å². The number of amides is 1. The normalized spacial score (nSPS) is 12.9. The molecule has 0 saturated heterocycles. The molecule has 0 saturated carbocycles. The summed E-state index contributed by atoms with van der Waals surface area (Å²) in [5, 5.41) is 4.54. The van der Waals surface area contributed by atoms with Gasteiger partial charge >= 0.3 is 5.97 Å². The summed E-state index contributed by atoms with van der Waals surface area (Å²) in [6.07, 6.45) is 4.09. The molecule has 0 atom stereocenters. The Kier molecular flexibility index (Phi) is 7.50. The van der Waals surface area contributed by atoms with Gasteiger partial charge in [0, 0.05) is 9.75 Å². The number of hydrogen-bond donors (Lipinski definition) is 1. The molecular formula is C27H27N3O4S3. The molecule has 1 amide bonds. The van der Waals surface area contributed by atoms with E-state index in [0.717, 1.165) is 52.2 Å². The molecule has 0 fully saturated rings. The lowest BCUT2D eigenvalue weighted by Crippen LogP contribution is -2.23. The van der Waals surface area contributed by atoms with Gasteiger partial charge in [0.15, 0.2) is 5.16 Å². The zero-order chi connectivity index (χ0) is 26.1. The number of nitrogens with zero attached hydrogens (tertiary/aromatic N) is 2. The highest BCUT2D eigenvalue weighted by molar-refractivity contribution is 7.99. The van der Waals surface area contributed by atoms with Crippen LogP contribution < -0.4 is 10.9 Å². The molecule has 4 aromatic rings. The number of benzene rings is 1. The molecule has 1 aromatic carbocycles. The average molecular weight is 554 g/mol. The Balaban J connectivity index is 1.47. The van der Waals surface area contributed by atoms with Crippen molar-refractivity contribution in [3.05, 3.63) is 67.1 Å². The summed E-state index contributed by atoms with van der Waals surface area (Å²) in [7, 11) is 0. The van der Waals surface area contributed by atoms with Gasteiger partial charge in [0.2, 0.25) is 5.91 Å². The van der Waals surface area contributed by atoms with Gasteiger partial charge in [-0.2, -0.15) is 0 Å². The van der Waals surface area contributed by atoms with Crippen molar-refractivity contribution in [3.8, 4) is 5.69 Å². The molecule has 1 N–H and O–H groups in total. The van der Waals surface area contributed by atoms with E-state index in [1.165, 1.54) is 28.0 Å². The maximum Gasteiger partial charge on any atom is 0.341 e. The zero-order valence-corrected chi connectivity index (χ0v) is 23.3. The highest BCUT2D eigenvalue weighted by Gasteiger charge is 2.25. The van der Waals surface area contributed by atoms with Crippen LogP contribution in [0.15, 0.2) is 40.3 Å². The Morgan fingerprint density at radius 1 is 1.14 bits per heavy atom. The largest absolute Gasteiger partial charge is 0.462 e. The van der Waals surface area contributed by atoms with Crippen molar-refractivity contribution in [1.82, 2.24) is 9.55 Å². The van der Waals surface area contributed by atoms with E-state index in [-0.39, 0.29) is 23.8 Å². The predicted octanol–water partition coefficient (Wildman–Crippen LogP) is 5.91. The number of anilines is 1. The molecule has 1 aliphatic carbocycles. The van der Waals surface area contributed by atoms with Crippen LogP contribution in [-0.4, -0.2) is 33.8 Å². The number of nitrogens with one attached hydrogen (secondary N) is 1. The second-order valence-corrected chi connectivity index (χ2v) is 12.1. The summed E-state index contributed by atoms with van der Waals surface area (Å²) in [6, 6.07) is 9.42. The topological polar surface area (TPSA) is 90.3 Å². The number of fused-ring (bicyclic) bond motifs is 3. The second-order valence-electron chi connectivity index (χ2n) is 8.81. The summed E-state index contributed by atoms with van der Waals surface area (Å²) in [6.45, 7) is 5.77. The first-order valence-corrected chi connectivity index (χ1v) is 14.8. The molecule has 0 spiro atoms. The van der Waals surface area contributed by atoms with Gasteiger partial charge in [-0.3, -0.25) is 14.2 Å². The molecule has 0 unspecified atom stereocenters. The number of aryl methyl sites for hydroxylation is 3. The predicted molar refractivity (Wildman–Crippen MR) is 151 cm³/mol. The maximum absolute atomic E-state index is 13.8. The Bertz CT molecular complexity index is 1550. The fourth-order valence-electron chi connectivity index (χ4n) is 4.54. The van der Waals surface area contributed by atoms with Crippen LogP contribution in [0.25, 0.3) is 15.9 Å². The van der Waals surface area contributed by atoms with Crippen LogP contribution in [0.3, 0.4) is 0 Å². The third-order valence-electron chi connectivity index (χ3n) is 6.42. The molecule has 10 heteroatoms. The number of thiophene rings is 2. The van der Waals surface area contributed by atoms with Gasteiger partial charge in [0.05, 0.1) is 29.0 Å². The standard InChI is InChI=1S/C27H27N3O4S3/c1-4-34-26(33)21-15(2)16(3)36-23(21)28-20(31)14-35-27-29-24-22(18-12-8-9-13-19(18)37-24)25(32)30(27)17-10-6-5-7-11-17/h5-7,10-11H,4,8-9,12-14H2,1-3H3,(H,28,31). The van der Waals surface area contributed by atoms with E-state index in [1.807, 2.05) is 44.2 Å². The van der Waals surface area contributed by atoms with E-state index in [4.69, 9.17) is 9.72 Å². The van der Waals surface area contributed by atoms with E-state index in [9.17, 15) is 14.4 Å². The lowest BCUT2D eigenvalue weighted by atomic mass is 9.97. The molecule has 5 rings (SSSR count). The van der Waals surface area contributed by atoms with E-state index in [2.05, 4.69) is 5.32 Å². The number of hydrogen-bond acceptors (Lipinski definition) is 8. The van der Waals surface area contributed by atoms with Crippen LogP contribution in [0, 0.1) is 13.8 Å². The van der Waals surface area contributed by atoms with Gasteiger partial charge < -0.3 is 10.1 Å². The number of ether oxygens (including phenoxy) is 1. The fourth-order valence-corrected chi connectivity index (χ4v) is 7.72. The molecule has 37 heavy (non-hydrogen) atoms. The molecule has 7 nitrogen and oxygen atoms in total. The van der Waals surface area contributed by atoms with Gasteiger partial charge in [-0.15, -0.1) is 22.7 Å². The van der Waals surface area contributed by atoms with E-state index >= 15 is 0 Å². The van der Waals surface area contributed by atoms with Gasteiger partial charge in [-0.25, -0.2) is 9.78 Å². The monoisotopic (exact) mass is 553 g/mol. The van der Waals surface area contributed by atoms with E-state index < -0.39 is 5.97 Å². The zero-order valence-electron chi connectivity index (χ0n) is 20.9. The minimum atomic E-state index is -0.445. The van der Waals surface area contributed by atoms with E-state index in [0.29, 0.717) is 21.1 Å². The Morgan fingerprint density at radius 2 is 1.89 bits per heavy atom. The van der Waals surface area contributed by atoms with Gasteiger partial charge in [-0.1, -0.05) is 30.0 Å². The van der Waals surface area contributed by atoms with Crippen molar-refractivity contribution in [2.45, 2.75) is 51.6 Å². The highest BCUT2D eigenvalue weighted by Crippen LogP contribution is 2.36. The van der Waals surface area contributed by atoms with Crippen LogP contribution in [0.2, 0.25) is 0 Å². The van der Waals surface area contributed by atoms with Gasteiger partial charge in [0.1, 0.15) is 9.83 Å². The van der Waals surface area contributed by atoms with Crippen LogP contribution in [0.1, 0.15) is 51.0 Å². The molecular weight excluding hydrogens is 527 g/mol. The lowest BCUT2D eigenvalue weighted by molar-refractivity contribution is -0.113. The quantitative estimate of drug-likeness (QED) is 0.174. The maximum atomic E-state index is 13.8. The first-order valence-electron chi connectivity index (χ1n) is 12.2. The number of aromatic nitrogens is 2. The summed E-state index contributed by atoms with van der Waals surface area (Å²) in [4.78, 5) is 47.1. The molecule has 1 aliphatic rings. The molecule has 3 heterocycles. The van der Waals surface area contributed by atoms with Gasteiger partial charge in [0.25, 0.3) is 5.56 Å². The van der Waals surface area contributed by atoms with Crippen molar-refractivity contribution in [2.75, 3.05) is 17.7 Å². The van der Waals surface area contributed by atoms with Crippen LogP contribution in [0.4, 0.5) is 5.00 Å². The van der Waals surface area contributed by atoms with Crippen molar-refractivity contribution in [1.29, 1.82) is 0 Å². The Morgan fingerprint density at radius 3 is 2.65 bits per heavy atom. The summed E-state index contributed by atoms with van der Waals surface area (Å²) in [5.74, 6) is -0.691. The average Bonchev–Trinajstić information content (AvgIpc) is 3.39. The summed E-state index contributed by atoms with van der Waals surface area (Å²) in [5.41, 5.74) is 2.96. The SMILES string of the molecule is CCOC(=O)c1c(NC(=O)CSc2nc3sc4c(c3c(=O)n2-c2ccccc2)CCCC4)sc(C)c1C. The van der Waals surface area contributed by atoms with Gasteiger partial charge in [-0.05, 0) is 69.7 Å². The van der Waals surface area contributed by atoms with Crippen molar-refractivity contribution in [2.24, 2.45) is 0 Å². The third kappa shape index (κ3) is 4.97. The summed E-state index contributed by atoms with van der Waals surface area (Å²) < 4.78 is 6.81. The molecule has 0 bridgehead atoms. The van der Waals surface area contributed by atoms with Crippen molar-refractivity contribution >= 4 is 61.5 Å². The molecule has 192 valence electrons. The first kappa shape index (κ1) is 25.7. The van der Waals surface area contributed by atoms with Crippen LogP contribution >= 0.6 is 34.4 Å². The smallest absolute Gasteiger partial charge is 0.341 e. The molecule has 0 aliphatic heterocycles. The highest BCUT2D eigenvalue weighted by atomic mass is 32.2. The van der Waals surface area contributed by atoms with Crippen LogP contribution in [0.5, 0.6) is 0 Å². The Hall–Kier alpha value is -2.95. The number of carbonyl (C=O) groups excluding carboxylic acids is 2.